The Hall–Kier alpha value is -3.10. The number of morpholine rings is 1. The van der Waals surface area contributed by atoms with Crippen molar-refractivity contribution in [2.45, 2.75) is 13.5 Å². The Kier molecular flexibility index (Phi) is 8.26. The molecule has 0 bridgehead atoms. The number of amides is 1. The molecule has 1 saturated heterocycles. The predicted molar refractivity (Wildman–Crippen MR) is 117 cm³/mol. The normalized spacial score (nSPS) is 14.7. The fourth-order valence-corrected chi connectivity index (χ4v) is 3.37. The Morgan fingerprint density at radius 1 is 1.06 bits per heavy atom. The first-order chi connectivity index (χ1) is 15.1. The number of carbonyl (C=O) groups excluding carboxylic acids is 1. The van der Waals surface area contributed by atoms with Gasteiger partial charge >= 0.3 is 0 Å². The van der Waals surface area contributed by atoms with Gasteiger partial charge in [-0.1, -0.05) is 12.1 Å². The molecule has 1 heterocycles. The Bertz CT molecular complexity index is 910. The zero-order chi connectivity index (χ0) is 22.1. The lowest BCUT2D eigenvalue weighted by Crippen LogP contribution is -3.12. The number of ether oxygens (including phenoxy) is 4. The quantitative estimate of drug-likeness (QED) is 0.461. The minimum Gasteiger partial charge on any atom is -0.496 e. The summed E-state index contributed by atoms with van der Waals surface area (Å²) < 4.78 is 21.7. The largest absolute Gasteiger partial charge is 0.496 e. The van der Waals surface area contributed by atoms with E-state index < -0.39 is 0 Å². The highest BCUT2D eigenvalue weighted by Gasteiger charge is 2.17. The topological polar surface area (TPSA) is 82.8 Å². The molecule has 0 spiro atoms. The summed E-state index contributed by atoms with van der Waals surface area (Å²) in [6.45, 7) is 6.06. The van der Waals surface area contributed by atoms with Crippen LogP contribution in [0.5, 0.6) is 17.2 Å². The van der Waals surface area contributed by atoms with Crippen LogP contribution in [0.25, 0.3) is 0 Å². The third kappa shape index (κ3) is 6.44. The van der Waals surface area contributed by atoms with Gasteiger partial charge in [-0.25, -0.2) is 5.43 Å². The molecule has 0 radical (unpaired) electrons. The highest BCUT2D eigenvalue weighted by atomic mass is 16.5. The molecule has 1 aliphatic heterocycles. The molecule has 2 aromatic carbocycles. The van der Waals surface area contributed by atoms with E-state index in [2.05, 4.69) is 16.6 Å². The van der Waals surface area contributed by atoms with Crippen molar-refractivity contribution < 1.29 is 28.6 Å². The van der Waals surface area contributed by atoms with Gasteiger partial charge in [-0.15, -0.1) is 0 Å². The lowest BCUT2D eigenvalue weighted by molar-refractivity contribution is -0.921. The molecule has 31 heavy (non-hydrogen) atoms. The number of nitrogens with one attached hydrogen (secondary N) is 2. The van der Waals surface area contributed by atoms with Gasteiger partial charge < -0.3 is 23.8 Å². The van der Waals surface area contributed by atoms with Crippen LogP contribution in [-0.4, -0.2) is 58.7 Å². The number of hydrogen-bond donors (Lipinski definition) is 2. The molecule has 8 nitrogen and oxygen atoms in total. The van der Waals surface area contributed by atoms with Crippen LogP contribution in [0.15, 0.2) is 47.6 Å². The van der Waals surface area contributed by atoms with Crippen LogP contribution in [0.2, 0.25) is 0 Å². The summed E-state index contributed by atoms with van der Waals surface area (Å²) in [6, 6.07) is 13.1. The van der Waals surface area contributed by atoms with Gasteiger partial charge in [0.25, 0.3) is 5.91 Å². The molecule has 1 amide bonds. The van der Waals surface area contributed by atoms with E-state index in [-0.39, 0.29) is 12.5 Å². The van der Waals surface area contributed by atoms with Crippen LogP contribution >= 0.6 is 0 Å². The second-order valence-electron chi connectivity index (χ2n) is 7.24. The molecule has 0 aromatic heterocycles. The van der Waals surface area contributed by atoms with E-state index in [0.29, 0.717) is 17.2 Å². The SMILES string of the molecule is COc1ccc(/C(C)=N\NC(=O)COc2ccccc2OC)cc1C[NH+]1CCOCC1. The molecule has 1 aliphatic rings. The van der Waals surface area contributed by atoms with Gasteiger partial charge in [-0.2, -0.15) is 5.10 Å². The zero-order valence-electron chi connectivity index (χ0n) is 18.3. The van der Waals surface area contributed by atoms with Crippen LogP contribution in [0.4, 0.5) is 0 Å². The lowest BCUT2D eigenvalue weighted by atomic mass is 10.1. The van der Waals surface area contributed by atoms with Crippen molar-refractivity contribution >= 4 is 11.6 Å². The van der Waals surface area contributed by atoms with Crippen LogP contribution in [0, 0.1) is 0 Å². The third-order valence-corrected chi connectivity index (χ3v) is 5.11. The van der Waals surface area contributed by atoms with Crippen molar-refractivity contribution in [3.05, 3.63) is 53.6 Å². The van der Waals surface area contributed by atoms with Crippen molar-refractivity contribution in [3.8, 4) is 17.2 Å². The van der Waals surface area contributed by atoms with Crippen molar-refractivity contribution in [2.75, 3.05) is 47.1 Å². The number of quaternary nitrogens is 1. The summed E-state index contributed by atoms with van der Waals surface area (Å²) in [4.78, 5) is 13.6. The molecule has 0 unspecified atom stereocenters. The summed E-state index contributed by atoms with van der Waals surface area (Å²) in [5.74, 6) is 1.58. The fourth-order valence-electron chi connectivity index (χ4n) is 3.37. The van der Waals surface area contributed by atoms with Crippen molar-refractivity contribution in [3.63, 3.8) is 0 Å². The Morgan fingerprint density at radius 3 is 2.48 bits per heavy atom. The molecule has 3 rings (SSSR count). The fraction of sp³-hybridized carbons (Fsp3) is 0.391. The van der Waals surface area contributed by atoms with E-state index in [1.807, 2.05) is 31.2 Å². The average molecular weight is 429 g/mol. The summed E-state index contributed by atoms with van der Waals surface area (Å²) in [6.07, 6.45) is 0. The van der Waals surface area contributed by atoms with Gasteiger partial charge in [-0.3, -0.25) is 4.79 Å². The Morgan fingerprint density at radius 2 is 1.77 bits per heavy atom. The lowest BCUT2D eigenvalue weighted by Gasteiger charge is -2.24. The third-order valence-electron chi connectivity index (χ3n) is 5.11. The first-order valence-corrected chi connectivity index (χ1v) is 10.3. The van der Waals surface area contributed by atoms with E-state index in [9.17, 15) is 4.79 Å². The highest BCUT2D eigenvalue weighted by Crippen LogP contribution is 2.25. The van der Waals surface area contributed by atoms with E-state index in [1.165, 1.54) is 4.90 Å². The summed E-state index contributed by atoms with van der Waals surface area (Å²) >= 11 is 0. The molecule has 0 aliphatic carbocycles. The van der Waals surface area contributed by atoms with Crippen LogP contribution in [0.1, 0.15) is 18.1 Å². The van der Waals surface area contributed by atoms with Crippen LogP contribution in [-0.2, 0) is 16.1 Å². The number of hydrogen-bond acceptors (Lipinski definition) is 6. The number of methoxy groups -OCH3 is 2. The summed E-state index contributed by atoms with van der Waals surface area (Å²) in [7, 11) is 3.23. The monoisotopic (exact) mass is 428 g/mol. The Balaban J connectivity index is 1.61. The molecular weight excluding hydrogens is 398 g/mol. The smallest absolute Gasteiger partial charge is 0.277 e. The summed E-state index contributed by atoms with van der Waals surface area (Å²) in [5.41, 5.74) is 5.28. The number of rotatable bonds is 9. The first-order valence-electron chi connectivity index (χ1n) is 10.3. The summed E-state index contributed by atoms with van der Waals surface area (Å²) in [5, 5.41) is 4.23. The molecule has 2 aromatic rings. The second-order valence-corrected chi connectivity index (χ2v) is 7.24. The van der Waals surface area contributed by atoms with E-state index in [1.54, 1.807) is 26.4 Å². The number of carbonyl (C=O) groups is 1. The Labute approximate surface area is 182 Å². The second kappa shape index (κ2) is 11.3. The number of benzene rings is 2. The molecule has 8 heteroatoms. The highest BCUT2D eigenvalue weighted by molar-refractivity contribution is 5.99. The van der Waals surface area contributed by atoms with Crippen LogP contribution < -0.4 is 24.5 Å². The number of nitrogens with zero attached hydrogens (tertiary/aromatic N) is 1. The van der Waals surface area contributed by atoms with Gasteiger partial charge in [0.1, 0.15) is 25.4 Å². The molecule has 166 valence electrons. The van der Waals surface area contributed by atoms with Crippen molar-refractivity contribution in [2.24, 2.45) is 5.10 Å². The number of para-hydroxylation sites is 2. The molecule has 2 N–H and O–H groups in total. The van der Waals surface area contributed by atoms with Gasteiger partial charge in [0.15, 0.2) is 18.1 Å². The maximum absolute atomic E-state index is 12.2. The minimum atomic E-state index is -0.350. The molecular formula is C23H30N3O5+. The van der Waals surface area contributed by atoms with Crippen LogP contribution in [0.3, 0.4) is 0 Å². The van der Waals surface area contributed by atoms with Gasteiger partial charge in [0.05, 0.1) is 33.1 Å². The maximum atomic E-state index is 12.2. The van der Waals surface area contributed by atoms with Crippen molar-refractivity contribution in [1.29, 1.82) is 0 Å². The van der Waals surface area contributed by atoms with Gasteiger partial charge in [0, 0.05) is 5.56 Å². The first kappa shape index (κ1) is 22.6. The van der Waals surface area contributed by atoms with E-state index in [0.717, 1.165) is 49.7 Å². The van der Waals surface area contributed by atoms with Gasteiger partial charge in [0.2, 0.25) is 0 Å². The zero-order valence-corrected chi connectivity index (χ0v) is 18.3. The van der Waals surface area contributed by atoms with Gasteiger partial charge in [-0.05, 0) is 42.8 Å². The molecule has 1 fully saturated rings. The van der Waals surface area contributed by atoms with E-state index >= 15 is 0 Å². The molecule has 0 saturated carbocycles. The average Bonchev–Trinajstić information content (AvgIpc) is 2.82. The minimum absolute atomic E-state index is 0.161. The number of hydrazone groups is 1. The van der Waals surface area contributed by atoms with E-state index in [4.69, 9.17) is 18.9 Å². The predicted octanol–water partition coefficient (Wildman–Crippen LogP) is 1.04. The molecule has 0 atom stereocenters. The maximum Gasteiger partial charge on any atom is 0.277 e. The van der Waals surface area contributed by atoms with Crippen molar-refractivity contribution in [1.82, 2.24) is 5.43 Å². The standard InChI is InChI=1S/C23H29N3O5/c1-17(24-25-23(27)16-31-22-7-5-4-6-21(22)29-3)18-8-9-20(28-2)19(14-18)15-26-10-12-30-13-11-26/h4-9,14H,10-13,15-16H2,1-3H3,(H,25,27)/p+1/b24-17-.